The summed E-state index contributed by atoms with van der Waals surface area (Å²) < 4.78 is 1.79. The van der Waals surface area contributed by atoms with Crippen molar-refractivity contribution in [1.82, 2.24) is 30.0 Å². The third-order valence-electron chi connectivity index (χ3n) is 4.34. The Labute approximate surface area is 172 Å². The van der Waals surface area contributed by atoms with Gasteiger partial charge in [-0.1, -0.05) is 12.1 Å². The van der Waals surface area contributed by atoms with Gasteiger partial charge in [0.25, 0.3) is 0 Å². The molecule has 148 valence electrons. The SMILES string of the molecule is CCNC(=O)Nc1ccc2ncc(-c3cnn(Cc4ccc(C#N)cc4)c3)nc2n1. The Hall–Kier alpha value is -4.32. The molecule has 2 amide bonds. The molecule has 4 aromatic rings. The topological polar surface area (TPSA) is 121 Å². The molecule has 2 N–H and O–H groups in total. The Morgan fingerprint density at radius 1 is 1.13 bits per heavy atom. The minimum atomic E-state index is -0.322. The van der Waals surface area contributed by atoms with Crippen LogP contribution in [-0.2, 0) is 6.54 Å². The lowest BCUT2D eigenvalue weighted by Gasteiger charge is -2.06. The zero-order valence-electron chi connectivity index (χ0n) is 16.2. The minimum Gasteiger partial charge on any atom is -0.338 e. The number of amides is 2. The number of nitrogens with one attached hydrogen (secondary N) is 2. The highest BCUT2D eigenvalue weighted by Crippen LogP contribution is 2.19. The average Bonchev–Trinajstić information content (AvgIpc) is 3.22. The molecular formula is C21H18N8O. The van der Waals surface area contributed by atoms with E-state index in [0.717, 1.165) is 11.1 Å². The summed E-state index contributed by atoms with van der Waals surface area (Å²) in [6.07, 6.45) is 5.27. The Kier molecular flexibility index (Phi) is 5.30. The van der Waals surface area contributed by atoms with Gasteiger partial charge in [-0.3, -0.25) is 15.0 Å². The number of nitriles is 1. The van der Waals surface area contributed by atoms with Crippen molar-refractivity contribution in [3.63, 3.8) is 0 Å². The number of aromatic nitrogens is 5. The summed E-state index contributed by atoms with van der Waals surface area (Å²) in [6.45, 7) is 2.94. The molecule has 0 unspecified atom stereocenters. The highest BCUT2D eigenvalue weighted by molar-refractivity contribution is 5.89. The summed E-state index contributed by atoms with van der Waals surface area (Å²) in [5, 5.41) is 18.6. The van der Waals surface area contributed by atoms with Crippen LogP contribution in [0.25, 0.3) is 22.4 Å². The molecule has 0 saturated carbocycles. The summed E-state index contributed by atoms with van der Waals surface area (Å²) in [4.78, 5) is 25.0. The zero-order chi connectivity index (χ0) is 20.9. The summed E-state index contributed by atoms with van der Waals surface area (Å²) in [7, 11) is 0. The molecule has 0 atom stereocenters. The highest BCUT2D eigenvalue weighted by atomic mass is 16.2. The van der Waals surface area contributed by atoms with Crippen molar-refractivity contribution in [2.24, 2.45) is 0 Å². The van der Waals surface area contributed by atoms with Crippen molar-refractivity contribution < 1.29 is 4.79 Å². The van der Waals surface area contributed by atoms with E-state index in [4.69, 9.17) is 5.26 Å². The molecule has 4 rings (SSSR count). The molecule has 0 bridgehead atoms. The van der Waals surface area contributed by atoms with Gasteiger partial charge < -0.3 is 5.32 Å². The van der Waals surface area contributed by atoms with E-state index in [1.54, 1.807) is 41.3 Å². The molecule has 3 heterocycles. The predicted octanol–water partition coefficient (Wildman–Crippen LogP) is 2.95. The predicted molar refractivity (Wildman–Crippen MR) is 112 cm³/mol. The second-order valence-corrected chi connectivity index (χ2v) is 6.51. The number of rotatable bonds is 5. The Morgan fingerprint density at radius 3 is 2.73 bits per heavy atom. The molecule has 30 heavy (non-hydrogen) atoms. The van der Waals surface area contributed by atoms with Crippen molar-refractivity contribution in [2.75, 3.05) is 11.9 Å². The number of hydrogen-bond donors (Lipinski definition) is 2. The summed E-state index contributed by atoms with van der Waals surface area (Å²) in [5.41, 5.74) is 4.17. The van der Waals surface area contributed by atoms with Crippen molar-refractivity contribution in [3.05, 3.63) is 66.1 Å². The fourth-order valence-electron chi connectivity index (χ4n) is 2.88. The van der Waals surface area contributed by atoms with Gasteiger partial charge in [0, 0.05) is 18.3 Å². The van der Waals surface area contributed by atoms with Gasteiger partial charge in [0.05, 0.1) is 36.3 Å². The standard InChI is InChI=1S/C21H18N8O/c1-2-23-21(30)28-19-8-7-17-20(27-19)26-18(11-24-17)16-10-25-29(13-16)12-15-5-3-14(9-22)4-6-15/h3-8,10-11,13H,2,12H2,1H3,(H2,23,26,27,28,30). The summed E-state index contributed by atoms with van der Waals surface area (Å²) >= 11 is 0. The molecular weight excluding hydrogens is 380 g/mol. The van der Waals surface area contributed by atoms with Crippen molar-refractivity contribution in [2.45, 2.75) is 13.5 Å². The fourth-order valence-corrected chi connectivity index (χ4v) is 2.88. The van der Waals surface area contributed by atoms with Crippen LogP contribution >= 0.6 is 0 Å². The van der Waals surface area contributed by atoms with Crippen molar-refractivity contribution in [1.29, 1.82) is 5.26 Å². The lowest BCUT2D eigenvalue weighted by Crippen LogP contribution is -2.28. The molecule has 3 aromatic heterocycles. The van der Waals surface area contributed by atoms with Crippen LogP contribution in [0.3, 0.4) is 0 Å². The van der Waals surface area contributed by atoms with Crippen LogP contribution in [-0.4, -0.2) is 37.3 Å². The number of carbonyl (C=O) groups is 1. The van der Waals surface area contributed by atoms with E-state index in [2.05, 4.69) is 36.8 Å². The smallest absolute Gasteiger partial charge is 0.320 e. The summed E-state index contributed by atoms with van der Waals surface area (Å²) in [6, 6.07) is 12.6. The van der Waals surface area contributed by atoms with E-state index >= 15 is 0 Å². The molecule has 0 saturated heterocycles. The van der Waals surface area contributed by atoms with E-state index in [-0.39, 0.29) is 6.03 Å². The van der Waals surface area contributed by atoms with Gasteiger partial charge >= 0.3 is 6.03 Å². The Balaban J connectivity index is 1.55. The molecule has 9 heteroatoms. The van der Waals surface area contributed by atoms with Crippen LogP contribution in [0.5, 0.6) is 0 Å². The number of hydrogen-bond acceptors (Lipinski definition) is 6. The van der Waals surface area contributed by atoms with Gasteiger partial charge in [-0.15, -0.1) is 0 Å². The number of pyridine rings is 1. The molecule has 0 aliphatic heterocycles. The Bertz CT molecular complexity index is 1240. The third kappa shape index (κ3) is 4.23. The number of benzene rings is 1. The number of carbonyl (C=O) groups excluding carboxylic acids is 1. The normalized spacial score (nSPS) is 10.5. The first-order chi connectivity index (χ1) is 14.6. The number of urea groups is 1. The van der Waals surface area contributed by atoms with E-state index in [1.807, 2.05) is 25.3 Å². The van der Waals surface area contributed by atoms with E-state index in [0.29, 0.717) is 41.3 Å². The van der Waals surface area contributed by atoms with Crippen LogP contribution in [0.4, 0.5) is 10.6 Å². The van der Waals surface area contributed by atoms with Gasteiger partial charge in [0.15, 0.2) is 5.65 Å². The van der Waals surface area contributed by atoms with Crippen LogP contribution < -0.4 is 10.6 Å². The number of fused-ring (bicyclic) bond motifs is 1. The lowest BCUT2D eigenvalue weighted by atomic mass is 10.1. The molecule has 1 aromatic carbocycles. The highest BCUT2D eigenvalue weighted by Gasteiger charge is 2.09. The van der Waals surface area contributed by atoms with Crippen LogP contribution in [0.1, 0.15) is 18.1 Å². The first-order valence-electron chi connectivity index (χ1n) is 9.35. The number of anilines is 1. The average molecular weight is 398 g/mol. The van der Waals surface area contributed by atoms with Gasteiger partial charge in [-0.2, -0.15) is 10.4 Å². The second-order valence-electron chi connectivity index (χ2n) is 6.51. The quantitative estimate of drug-likeness (QED) is 0.533. The van der Waals surface area contributed by atoms with E-state index in [9.17, 15) is 4.79 Å². The van der Waals surface area contributed by atoms with Crippen LogP contribution in [0, 0.1) is 11.3 Å². The second kappa shape index (κ2) is 8.36. The zero-order valence-corrected chi connectivity index (χ0v) is 16.2. The van der Waals surface area contributed by atoms with Gasteiger partial charge in [0.1, 0.15) is 11.3 Å². The van der Waals surface area contributed by atoms with E-state index in [1.165, 1.54) is 0 Å². The third-order valence-corrected chi connectivity index (χ3v) is 4.34. The monoisotopic (exact) mass is 398 g/mol. The maximum atomic E-state index is 11.7. The van der Waals surface area contributed by atoms with Gasteiger partial charge in [-0.25, -0.2) is 14.8 Å². The molecule has 0 aliphatic rings. The van der Waals surface area contributed by atoms with Gasteiger partial charge in [0.2, 0.25) is 0 Å². The molecule has 0 aliphatic carbocycles. The van der Waals surface area contributed by atoms with Crippen molar-refractivity contribution in [3.8, 4) is 17.3 Å². The summed E-state index contributed by atoms with van der Waals surface area (Å²) in [5.74, 6) is 0.399. The maximum Gasteiger partial charge on any atom is 0.320 e. The van der Waals surface area contributed by atoms with Crippen LogP contribution in [0.2, 0.25) is 0 Å². The Morgan fingerprint density at radius 2 is 1.97 bits per heavy atom. The fraction of sp³-hybridized carbons (Fsp3) is 0.143. The number of nitrogens with zero attached hydrogens (tertiary/aromatic N) is 6. The first kappa shape index (κ1) is 19.0. The van der Waals surface area contributed by atoms with E-state index < -0.39 is 0 Å². The largest absolute Gasteiger partial charge is 0.338 e. The van der Waals surface area contributed by atoms with Gasteiger partial charge in [-0.05, 0) is 36.8 Å². The molecule has 0 fully saturated rings. The van der Waals surface area contributed by atoms with Crippen LogP contribution in [0.15, 0.2) is 55.0 Å². The maximum absolute atomic E-state index is 11.7. The molecule has 0 spiro atoms. The lowest BCUT2D eigenvalue weighted by molar-refractivity contribution is 0.252. The first-order valence-corrected chi connectivity index (χ1v) is 9.35. The molecule has 0 radical (unpaired) electrons. The minimum absolute atomic E-state index is 0.322. The molecule has 9 nitrogen and oxygen atoms in total. The van der Waals surface area contributed by atoms with Crippen molar-refractivity contribution >= 4 is 23.0 Å².